The predicted molar refractivity (Wildman–Crippen MR) is 51.0 cm³/mol. The highest BCUT2D eigenvalue weighted by Crippen LogP contribution is 2.26. The largest absolute Gasteiger partial charge is 0.277 e. The number of nitrogens with one attached hydrogen (secondary N) is 1. The molecule has 1 fully saturated rings. The van der Waals surface area contributed by atoms with Crippen LogP contribution in [-0.4, -0.2) is 13.0 Å². The number of hydrogen-bond donors (Lipinski definition) is 1. The van der Waals surface area contributed by atoms with Gasteiger partial charge in [0.05, 0.1) is 6.61 Å². The first-order valence-corrected chi connectivity index (χ1v) is 5.24. The van der Waals surface area contributed by atoms with E-state index in [1.807, 2.05) is 0 Å². The van der Waals surface area contributed by atoms with Crippen molar-refractivity contribution < 1.29 is 9.63 Å². The van der Waals surface area contributed by atoms with Gasteiger partial charge in [-0.3, -0.25) is 9.63 Å². The molecule has 1 aliphatic carbocycles. The number of hydrogen-bond acceptors (Lipinski definition) is 2. The average molecular weight is 185 g/mol. The number of carbonyl (C=O) groups excluding carboxylic acids is 1. The Kier molecular flexibility index (Phi) is 5.57. The molecular weight excluding hydrogens is 166 g/mol. The first kappa shape index (κ1) is 10.5. The van der Waals surface area contributed by atoms with E-state index in [4.69, 9.17) is 4.84 Å². The van der Waals surface area contributed by atoms with Crippen LogP contribution in [-0.2, 0) is 9.63 Å². The van der Waals surface area contributed by atoms with Crippen molar-refractivity contribution >= 4 is 6.41 Å². The van der Waals surface area contributed by atoms with Crippen molar-refractivity contribution in [3.05, 3.63) is 0 Å². The third-order valence-corrected chi connectivity index (χ3v) is 2.71. The van der Waals surface area contributed by atoms with Gasteiger partial charge in [-0.15, -0.1) is 0 Å². The van der Waals surface area contributed by atoms with Gasteiger partial charge in [-0.25, -0.2) is 5.48 Å². The topological polar surface area (TPSA) is 38.3 Å². The minimum Gasteiger partial charge on any atom is -0.277 e. The van der Waals surface area contributed by atoms with E-state index in [0.29, 0.717) is 13.0 Å². The summed E-state index contributed by atoms with van der Waals surface area (Å²) < 4.78 is 0. The Morgan fingerprint density at radius 1 is 1.31 bits per heavy atom. The summed E-state index contributed by atoms with van der Waals surface area (Å²) in [4.78, 5) is 14.7. The number of amides is 1. The van der Waals surface area contributed by atoms with Crippen molar-refractivity contribution in [3.8, 4) is 0 Å². The predicted octanol–water partition coefficient (Wildman–Crippen LogP) is 2.02. The Hall–Kier alpha value is -0.570. The van der Waals surface area contributed by atoms with Crippen LogP contribution in [0.15, 0.2) is 0 Å². The fraction of sp³-hybridized carbons (Fsp3) is 0.900. The summed E-state index contributed by atoms with van der Waals surface area (Å²) in [5.74, 6) is 0.911. The summed E-state index contributed by atoms with van der Waals surface area (Å²) in [6.45, 7) is 0.648. The third kappa shape index (κ3) is 4.88. The first-order chi connectivity index (χ1) is 6.43. The smallest absolute Gasteiger partial charge is 0.230 e. The minimum absolute atomic E-state index is 0.570. The molecule has 0 aromatic rings. The summed E-state index contributed by atoms with van der Waals surface area (Å²) in [5.41, 5.74) is 2.21. The zero-order valence-corrected chi connectivity index (χ0v) is 8.13. The lowest BCUT2D eigenvalue weighted by Crippen LogP contribution is -2.14. The second-order valence-electron chi connectivity index (χ2n) is 3.73. The average Bonchev–Trinajstić information content (AvgIpc) is 2.19. The highest BCUT2D eigenvalue weighted by molar-refractivity contribution is 5.43. The maximum atomic E-state index is 9.83. The number of hydroxylamine groups is 1. The van der Waals surface area contributed by atoms with E-state index >= 15 is 0 Å². The molecule has 3 nitrogen and oxygen atoms in total. The van der Waals surface area contributed by atoms with Gasteiger partial charge in [0.15, 0.2) is 0 Å². The monoisotopic (exact) mass is 185 g/mol. The molecule has 13 heavy (non-hydrogen) atoms. The van der Waals surface area contributed by atoms with Crippen molar-refractivity contribution in [2.24, 2.45) is 5.92 Å². The second kappa shape index (κ2) is 6.89. The summed E-state index contributed by atoms with van der Waals surface area (Å²) in [6, 6.07) is 0. The quantitative estimate of drug-likeness (QED) is 0.390. The molecule has 1 saturated carbocycles. The van der Waals surface area contributed by atoms with Gasteiger partial charge >= 0.3 is 0 Å². The Bertz CT molecular complexity index is 133. The van der Waals surface area contributed by atoms with Crippen LogP contribution in [0, 0.1) is 5.92 Å². The summed E-state index contributed by atoms with van der Waals surface area (Å²) in [7, 11) is 0. The van der Waals surface area contributed by atoms with Gasteiger partial charge in [0.1, 0.15) is 0 Å². The molecule has 1 rings (SSSR count). The van der Waals surface area contributed by atoms with Crippen LogP contribution >= 0.6 is 0 Å². The molecule has 76 valence electrons. The molecule has 0 aromatic heterocycles. The normalized spacial score (nSPS) is 18.5. The maximum Gasteiger partial charge on any atom is 0.230 e. The molecule has 1 N–H and O–H groups in total. The molecule has 0 heterocycles. The van der Waals surface area contributed by atoms with E-state index in [-0.39, 0.29) is 0 Å². The minimum atomic E-state index is 0.570. The molecule has 0 radical (unpaired) electrons. The van der Waals surface area contributed by atoms with E-state index in [1.54, 1.807) is 0 Å². The van der Waals surface area contributed by atoms with Crippen LogP contribution in [0.1, 0.15) is 44.9 Å². The van der Waals surface area contributed by atoms with Gasteiger partial charge in [0.25, 0.3) is 0 Å². The molecule has 0 unspecified atom stereocenters. The van der Waals surface area contributed by atoms with Crippen molar-refractivity contribution in [1.82, 2.24) is 5.48 Å². The zero-order chi connectivity index (χ0) is 9.36. The molecule has 0 spiro atoms. The lowest BCUT2D eigenvalue weighted by Gasteiger charge is -2.20. The Morgan fingerprint density at radius 2 is 2.08 bits per heavy atom. The van der Waals surface area contributed by atoms with Gasteiger partial charge in [-0.1, -0.05) is 32.1 Å². The van der Waals surface area contributed by atoms with E-state index in [0.717, 1.165) is 12.3 Å². The first-order valence-electron chi connectivity index (χ1n) is 5.24. The van der Waals surface area contributed by atoms with E-state index in [9.17, 15) is 4.79 Å². The van der Waals surface area contributed by atoms with Crippen LogP contribution in [0.4, 0.5) is 0 Å². The van der Waals surface area contributed by atoms with Crippen LogP contribution in [0.25, 0.3) is 0 Å². The third-order valence-electron chi connectivity index (χ3n) is 2.71. The molecule has 0 atom stereocenters. The Balaban J connectivity index is 1.89. The molecule has 0 saturated heterocycles. The molecule has 0 bridgehead atoms. The summed E-state index contributed by atoms with van der Waals surface area (Å²) >= 11 is 0. The van der Waals surface area contributed by atoms with E-state index in [2.05, 4.69) is 5.48 Å². The standard InChI is InChI=1S/C10H19NO2/c12-9-11-13-8-4-7-10-5-2-1-3-6-10/h9-10H,1-8H2,(H,11,12). The molecular formula is C10H19NO2. The lowest BCUT2D eigenvalue weighted by molar-refractivity contribution is -0.120. The fourth-order valence-electron chi connectivity index (χ4n) is 2.01. The van der Waals surface area contributed by atoms with Crippen molar-refractivity contribution in [1.29, 1.82) is 0 Å². The molecule has 3 heteroatoms. The number of rotatable bonds is 6. The zero-order valence-electron chi connectivity index (χ0n) is 8.13. The van der Waals surface area contributed by atoms with Crippen LogP contribution < -0.4 is 5.48 Å². The van der Waals surface area contributed by atoms with Gasteiger partial charge in [0.2, 0.25) is 6.41 Å². The summed E-state index contributed by atoms with van der Waals surface area (Å²) in [5, 5.41) is 0. The molecule has 1 aliphatic rings. The second-order valence-corrected chi connectivity index (χ2v) is 3.73. The Morgan fingerprint density at radius 3 is 2.77 bits per heavy atom. The van der Waals surface area contributed by atoms with Gasteiger partial charge in [-0.05, 0) is 18.8 Å². The van der Waals surface area contributed by atoms with Gasteiger partial charge in [0, 0.05) is 0 Å². The molecule has 0 aromatic carbocycles. The summed E-state index contributed by atoms with van der Waals surface area (Å²) in [6.07, 6.45) is 9.88. The Labute approximate surface area is 79.8 Å². The van der Waals surface area contributed by atoms with E-state index in [1.165, 1.54) is 38.5 Å². The molecule has 0 aliphatic heterocycles. The van der Waals surface area contributed by atoms with Crippen molar-refractivity contribution in [3.63, 3.8) is 0 Å². The lowest BCUT2D eigenvalue weighted by atomic mass is 9.86. The van der Waals surface area contributed by atoms with Gasteiger partial charge in [-0.2, -0.15) is 0 Å². The highest BCUT2D eigenvalue weighted by atomic mass is 16.6. The van der Waals surface area contributed by atoms with Crippen molar-refractivity contribution in [2.75, 3.05) is 6.61 Å². The highest BCUT2D eigenvalue weighted by Gasteiger charge is 2.12. The van der Waals surface area contributed by atoms with Crippen molar-refractivity contribution in [2.45, 2.75) is 44.9 Å². The number of carbonyl (C=O) groups is 1. The SMILES string of the molecule is O=CNOCCCC1CCCCC1. The fourth-order valence-corrected chi connectivity index (χ4v) is 2.01. The van der Waals surface area contributed by atoms with Gasteiger partial charge < -0.3 is 0 Å². The van der Waals surface area contributed by atoms with Crippen LogP contribution in [0.3, 0.4) is 0 Å². The van der Waals surface area contributed by atoms with E-state index < -0.39 is 0 Å². The van der Waals surface area contributed by atoms with Crippen LogP contribution in [0.2, 0.25) is 0 Å². The maximum absolute atomic E-state index is 9.83. The molecule has 1 amide bonds. The van der Waals surface area contributed by atoms with Crippen LogP contribution in [0.5, 0.6) is 0 Å².